The average molecular weight is 410 g/mol. The van der Waals surface area contributed by atoms with Crippen LogP contribution in [0, 0.1) is 10.1 Å². The molecule has 1 amide bonds. The normalized spacial score (nSPS) is 18.1. The van der Waals surface area contributed by atoms with E-state index < -0.39 is 33.3 Å². The van der Waals surface area contributed by atoms with Crippen molar-refractivity contribution in [3.05, 3.63) is 56.8 Å². The van der Waals surface area contributed by atoms with Crippen LogP contribution in [-0.4, -0.2) is 48.3 Å². The van der Waals surface area contributed by atoms with Crippen molar-refractivity contribution in [2.24, 2.45) is 0 Å². The fourth-order valence-corrected chi connectivity index (χ4v) is 5.40. The molecule has 3 rings (SSSR count). The van der Waals surface area contributed by atoms with Gasteiger partial charge in [0.15, 0.2) is 22.2 Å². The van der Waals surface area contributed by atoms with Gasteiger partial charge in [-0.2, -0.15) is 0 Å². The Balaban J connectivity index is 1.74. The van der Waals surface area contributed by atoms with Crippen molar-refractivity contribution >= 4 is 32.8 Å². The summed E-state index contributed by atoms with van der Waals surface area (Å²) < 4.78 is 29.0. The van der Waals surface area contributed by atoms with Gasteiger partial charge in [0, 0.05) is 17.0 Å². The molecule has 1 aromatic carbocycles. The molecule has 10 heteroatoms. The van der Waals surface area contributed by atoms with E-state index in [1.807, 2.05) is 17.5 Å². The molecule has 8 nitrogen and oxygen atoms in total. The van der Waals surface area contributed by atoms with Gasteiger partial charge in [0.2, 0.25) is 0 Å². The summed E-state index contributed by atoms with van der Waals surface area (Å²) >= 11 is 1.47. The van der Waals surface area contributed by atoms with Gasteiger partial charge in [-0.1, -0.05) is 18.2 Å². The minimum absolute atomic E-state index is 0.00553. The summed E-state index contributed by atoms with van der Waals surface area (Å²) in [5.74, 6) is -0.415. The first-order chi connectivity index (χ1) is 12.9. The van der Waals surface area contributed by atoms with Crippen molar-refractivity contribution in [2.75, 3.05) is 18.1 Å². The highest BCUT2D eigenvalue weighted by atomic mass is 32.2. The quantitative estimate of drug-likeness (QED) is 0.512. The topological polar surface area (TPSA) is 107 Å². The second kappa shape index (κ2) is 8.05. The molecule has 0 spiro atoms. The van der Waals surface area contributed by atoms with Crippen LogP contribution >= 0.6 is 11.3 Å². The van der Waals surface area contributed by atoms with Gasteiger partial charge in [0.25, 0.3) is 5.91 Å². The van der Waals surface area contributed by atoms with Crippen molar-refractivity contribution < 1.29 is 22.9 Å². The summed E-state index contributed by atoms with van der Waals surface area (Å²) in [5.41, 5.74) is -0.224. The van der Waals surface area contributed by atoms with Gasteiger partial charge in [0.1, 0.15) is 0 Å². The number of ether oxygens (including phenoxy) is 1. The summed E-state index contributed by atoms with van der Waals surface area (Å²) in [7, 11) is -3.16. The van der Waals surface area contributed by atoms with E-state index in [0.717, 1.165) is 4.88 Å². The standard InChI is InChI=1S/C17H18N2O6S2/c20-17(11-25-16-6-2-1-5-15(16)19(21)22)18(10-14-4-3-8-26-14)13-7-9-27(23,24)12-13/h1-6,8,13H,7,9-12H2/t13-/m0/s1. The fourth-order valence-electron chi connectivity index (χ4n) is 2.96. The maximum atomic E-state index is 12.8. The van der Waals surface area contributed by atoms with E-state index in [1.165, 1.54) is 34.4 Å². The van der Waals surface area contributed by atoms with Crippen LogP contribution < -0.4 is 4.74 Å². The number of amides is 1. The molecule has 1 aromatic heterocycles. The fraction of sp³-hybridized carbons (Fsp3) is 0.353. The Labute approximate surface area is 160 Å². The molecule has 144 valence electrons. The highest BCUT2D eigenvalue weighted by Gasteiger charge is 2.35. The number of carbonyl (C=O) groups excluding carboxylic acids is 1. The highest BCUT2D eigenvalue weighted by Crippen LogP contribution is 2.26. The summed E-state index contributed by atoms with van der Waals surface area (Å²) in [5, 5.41) is 12.9. The van der Waals surface area contributed by atoms with Crippen LogP contribution in [0.3, 0.4) is 0 Å². The van der Waals surface area contributed by atoms with Gasteiger partial charge >= 0.3 is 5.69 Å². The number of benzene rings is 1. The molecule has 1 atom stereocenters. The number of carbonyl (C=O) groups is 1. The number of sulfone groups is 1. The number of hydrogen-bond acceptors (Lipinski definition) is 7. The van der Waals surface area contributed by atoms with Gasteiger partial charge in [-0.25, -0.2) is 8.42 Å². The molecular formula is C17H18N2O6S2. The van der Waals surface area contributed by atoms with Gasteiger partial charge in [-0.15, -0.1) is 11.3 Å². The lowest BCUT2D eigenvalue weighted by Gasteiger charge is -2.27. The molecule has 0 bridgehead atoms. The van der Waals surface area contributed by atoms with Crippen molar-refractivity contribution in [1.82, 2.24) is 4.90 Å². The van der Waals surface area contributed by atoms with E-state index in [0.29, 0.717) is 6.42 Å². The van der Waals surface area contributed by atoms with Crippen molar-refractivity contribution in [3.63, 3.8) is 0 Å². The Morgan fingerprint density at radius 3 is 2.70 bits per heavy atom. The van der Waals surface area contributed by atoms with E-state index in [1.54, 1.807) is 6.07 Å². The molecule has 1 aliphatic heterocycles. The van der Waals surface area contributed by atoms with Crippen molar-refractivity contribution in [3.8, 4) is 5.75 Å². The third kappa shape index (κ3) is 4.83. The zero-order chi connectivity index (χ0) is 19.4. The smallest absolute Gasteiger partial charge is 0.310 e. The van der Waals surface area contributed by atoms with E-state index in [9.17, 15) is 23.3 Å². The van der Waals surface area contributed by atoms with Gasteiger partial charge in [-0.05, 0) is 23.9 Å². The second-order valence-electron chi connectivity index (χ2n) is 6.17. The van der Waals surface area contributed by atoms with E-state index in [-0.39, 0.29) is 29.5 Å². The van der Waals surface area contributed by atoms with Gasteiger partial charge in [-0.3, -0.25) is 14.9 Å². The van der Waals surface area contributed by atoms with Crippen LogP contribution in [0.2, 0.25) is 0 Å². The third-order valence-electron chi connectivity index (χ3n) is 4.29. The number of rotatable bonds is 7. The zero-order valence-corrected chi connectivity index (χ0v) is 15.9. The molecular weight excluding hydrogens is 392 g/mol. The van der Waals surface area contributed by atoms with E-state index >= 15 is 0 Å². The van der Waals surface area contributed by atoms with Crippen molar-refractivity contribution in [2.45, 2.75) is 19.0 Å². The van der Waals surface area contributed by atoms with Gasteiger partial charge < -0.3 is 9.64 Å². The SMILES string of the molecule is O=C(COc1ccccc1[N+](=O)[O-])N(Cc1cccs1)[C@H]1CCS(=O)(=O)C1. The summed E-state index contributed by atoms with van der Waals surface area (Å²) in [6, 6.07) is 9.13. The maximum Gasteiger partial charge on any atom is 0.310 e. The first kappa shape index (κ1) is 19.3. The van der Waals surface area contributed by atoms with E-state index in [2.05, 4.69) is 0 Å². The lowest BCUT2D eigenvalue weighted by atomic mass is 10.2. The predicted molar refractivity (Wildman–Crippen MR) is 101 cm³/mol. The first-order valence-electron chi connectivity index (χ1n) is 8.24. The van der Waals surface area contributed by atoms with Crippen LogP contribution in [0.5, 0.6) is 5.75 Å². The van der Waals surface area contributed by atoms with Gasteiger partial charge in [0.05, 0.1) is 23.0 Å². The molecule has 0 unspecified atom stereocenters. The summed E-state index contributed by atoms with van der Waals surface area (Å²) in [6.07, 6.45) is 0.380. The lowest BCUT2D eigenvalue weighted by Crippen LogP contribution is -2.42. The second-order valence-corrected chi connectivity index (χ2v) is 9.43. The minimum Gasteiger partial charge on any atom is -0.477 e. The molecule has 0 radical (unpaired) electrons. The van der Waals surface area contributed by atoms with E-state index in [4.69, 9.17) is 4.74 Å². The van der Waals surface area contributed by atoms with Crippen molar-refractivity contribution in [1.29, 1.82) is 0 Å². The molecule has 1 saturated heterocycles. The summed E-state index contributed by atoms with van der Waals surface area (Å²) in [4.78, 5) is 25.7. The summed E-state index contributed by atoms with van der Waals surface area (Å²) in [6.45, 7) is -0.107. The highest BCUT2D eigenvalue weighted by molar-refractivity contribution is 7.91. The molecule has 1 aliphatic rings. The number of nitro benzene ring substituents is 1. The largest absolute Gasteiger partial charge is 0.477 e. The first-order valence-corrected chi connectivity index (χ1v) is 10.9. The predicted octanol–water partition coefficient (Wildman–Crippen LogP) is 2.25. The Morgan fingerprint density at radius 2 is 2.07 bits per heavy atom. The number of para-hydroxylation sites is 2. The van der Waals surface area contributed by atoms with Crippen LogP contribution in [0.15, 0.2) is 41.8 Å². The van der Waals surface area contributed by atoms with Crippen LogP contribution in [-0.2, 0) is 21.2 Å². The number of hydrogen-bond donors (Lipinski definition) is 0. The molecule has 27 heavy (non-hydrogen) atoms. The maximum absolute atomic E-state index is 12.8. The Kier molecular flexibility index (Phi) is 5.76. The Bertz CT molecular complexity index is 927. The van der Waals surface area contributed by atoms with Crippen LogP contribution in [0.4, 0.5) is 5.69 Å². The minimum atomic E-state index is -3.16. The number of nitrogens with zero attached hydrogens (tertiary/aromatic N) is 2. The van der Waals surface area contributed by atoms with Crippen LogP contribution in [0.25, 0.3) is 0 Å². The molecule has 2 heterocycles. The third-order valence-corrected chi connectivity index (χ3v) is 6.90. The molecule has 0 saturated carbocycles. The Morgan fingerprint density at radius 1 is 1.30 bits per heavy atom. The molecule has 2 aromatic rings. The lowest BCUT2D eigenvalue weighted by molar-refractivity contribution is -0.385. The molecule has 0 N–H and O–H groups in total. The Hall–Kier alpha value is -2.46. The monoisotopic (exact) mass is 410 g/mol. The number of nitro groups is 1. The molecule has 0 aliphatic carbocycles. The molecule has 1 fully saturated rings. The van der Waals surface area contributed by atoms with Crippen LogP contribution in [0.1, 0.15) is 11.3 Å². The number of thiophene rings is 1. The average Bonchev–Trinajstić information content (AvgIpc) is 3.26. The zero-order valence-electron chi connectivity index (χ0n) is 14.3.